The zero-order chi connectivity index (χ0) is 27.7. The largest absolute Gasteiger partial charge is 0.504 e. The molecule has 0 bridgehead atoms. The van der Waals surface area contributed by atoms with Crippen molar-refractivity contribution in [1.82, 2.24) is 5.43 Å². The van der Waals surface area contributed by atoms with Gasteiger partial charge in [-0.25, -0.2) is 5.43 Å². The molecule has 0 unspecified atom stereocenters. The van der Waals surface area contributed by atoms with Crippen molar-refractivity contribution in [2.45, 2.75) is 39.5 Å². The highest BCUT2D eigenvalue weighted by molar-refractivity contribution is 6.13. The summed E-state index contributed by atoms with van der Waals surface area (Å²) in [4.78, 5) is 25.5. The Bertz CT molecular complexity index is 1380. The number of rotatable bonds is 9. The van der Waals surface area contributed by atoms with Gasteiger partial charge in [-0.15, -0.1) is 0 Å². The summed E-state index contributed by atoms with van der Waals surface area (Å²) < 4.78 is 5.16. The molecule has 0 spiro atoms. The van der Waals surface area contributed by atoms with Crippen LogP contribution >= 0.6 is 0 Å². The average molecular weight is 511 g/mol. The van der Waals surface area contributed by atoms with Gasteiger partial charge in [0.15, 0.2) is 17.3 Å². The van der Waals surface area contributed by atoms with Crippen molar-refractivity contribution in [3.63, 3.8) is 0 Å². The number of allylic oxidation sites excluding steroid dienone is 2. The number of carbonyl (C=O) groups excluding carboxylic acids is 2. The second-order valence-electron chi connectivity index (χ2n) is 10.0. The summed E-state index contributed by atoms with van der Waals surface area (Å²) >= 11 is 0. The van der Waals surface area contributed by atoms with Crippen LogP contribution in [0.15, 0.2) is 84.0 Å². The summed E-state index contributed by atoms with van der Waals surface area (Å²) in [7, 11) is 1.47. The Morgan fingerprint density at radius 2 is 1.63 bits per heavy atom. The number of hydrazone groups is 1. The number of hydrogen-bond acceptors (Lipinski definition) is 5. The molecule has 196 valence electrons. The number of ether oxygens (including phenoxy) is 1. The van der Waals surface area contributed by atoms with E-state index in [0.29, 0.717) is 17.0 Å². The maximum absolute atomic E-state index is 12.7. The van der Waals surface area contributed by atoms with Gasteiger partial charge in [-0.05, 0) is 65.4 Å². The number of phenolic OH excluding ortho intramolecular Hbond substituents is 1. The van der Waals surface area contributed by atoms with Crippen molar-refractivity contribution >= 4 is 29.6 Å². The number of nitrogens with zero attached hydrogens (tertiary/aromatic N) is 1. The second kappa shape index (κ2) is 12.7. The Hall–Kier alpha value is -4.45. The van der Waals surface area contributed by atoms with E-state index in [2.05, 4.69) is 31.3 Å². The summed E-state index contributed by atoms with van der Waals surface area (Å²) in [6.45, 7) is 8.32. The monoisotopic (exact) mass is 510 g/mol. The molecule has 2 N–H and O–H groups in total. The van der Waals surface area contributed by atoms with Crippen LogP contribution < -0.4 is 10.2 Å². The van der Waals surface area contributed by atoms with Crippen LogP contribution in [0.3, 0.4) is 0 Å². The second-order valence-corrected chi connectivity index (χ2v) is 10.0. The van der Waals surface area contributed by atoms with Gasteiger partial charge in [0, 0.05) is 5.56 Å². The molecule has 6 nitrogen and oxygen atoms in total. The molecular formula is C32H34N2O4. The van der Waals surface area contributed by atoms with Gasteiger partial charge in [0.1, 0.15) is 0 Å². The third-order valence-electron chi connectivity index (χ3n) is 5.85. The Balaban J connectivity index is 1.80. The van der Waals surface area contributed by atoms with Crippen LogP contribution in [0.2, 0.25) is 0 Å². The number of hydrogen-bond donors (Lipinski definition) is 2. The van der Waals surface area contributed by atoms with Crippen LogP contribution in [0.4, 0.5) is 0 Å². The molecular weight excluding hydrogens is 476 g/mol. The lowest BCUT2D eigenvalue weighted by Gasteiger charge is -2.18. The topological polar surface area (TPSA) is 88.0 Å². The third-order valence-corrected chi connectivity index (χ3v) is 5.85. The van der Waals surface area contributed by atoms with Gasteiger partial charge in [0.05, 0.1) is 19.2 Å². The molecule has 0 saturated heterocycles. The Kier molecular flexibility index (Phi) is 9.39. The highest BCUT2D eigenvalue weighted by Crippen LogP contribution is 2.27. The maximum atomic E-state index is 12.7. The normalized spacial score (nSPS) is 12.2. The molecule has 0 atom stereocenters. The summed E-state index contributed by atoms with van der Waals surface area (Å²) in [5, 5.41) is 14.1. The van der Waals surface area contributed by atoms with E-state index in [0.717, 1.165) is 22.3 Å². The fourth-order valence-corrected chi connectivity index (χ4v) is 3.64. The third kappa shape index (κ3) is 8.30. The van der Waals surface area contributed by atoms with Crippen LogP contribution in [0.1, 0.15) is 59.8 Å². The molecule has 0 heterocycles. The summed E-state index contributed by atoms with van der Waals surface area (Å²) in [6.07, 6.45) is 6.65. The predicted molar refractivity (Wildman–Crippen MR) is 154 cm³/mol. The summed E-state index contributed by atoms with van der Waals surface area (Å²) in [6, 6.07) is 20.1. The minimum Gasteiger partial charge on any atom is -0.504 e. The molecule has 0 aliphatic rings. The van der Waals surface area contributed by atoms with E-state index in [1.807, 2.05) is 43.3 Å². The minimum absolute atomic E-state index is 0.0166. The van der Waals surface area contributed by atoms with Gasteiger partial charge < -0.3 is 9.84 Å². The zero-order valence-corrected chi connectivity index (χ0v) is 22.5. The van der Waals surface area contributed by atoms with Crippen molar-refractivity contribution in [3.05, 3.63) is 107 Å². The number of carbonyl (C=O) groups is 2. The quantitative estimate of drug-likeness (QED) is 0.196. The number of ketones is 1. The van der Waals surface area contributed by atoms with Gasteiger partial charge in [-0.1, -0.05) is 81.0 Å². The summed E-state index contributed by atoms with van der Waals surface area (Å²) in [5.41, 5.74) is 7.28. The van der Waals surface area contributed by atoms with Gasteiger partial charge in [0.2, 0.25) is 0 Å². The van der Waals surface area contributed by atoms with E-state index in [-0.39, 0.29) is 29.3 Å². The van der Waals surface area contributed by atoms with Gasteiger partial charge in [-0.3, -0.25) is 9.59 Å². The molecule has 0 aliphatic carbocycles. The lowest BCUT2D eigenvalue weighted by molar-refractivity contribution is -0.113. The van der Waals surface area contributed by atoms with Crippen molar-refractivity contribution in [1.29, 1.82) is 0 Å². The molecule has 0 radical (unpaired) electrons. The number of nitrogens with one attached hydrogen (secondary N) is 1. The first-order valence-electron chi connectivity index (χ1n) is 12.4. The number of benzene rings is 3. The summed E-state index contributed by atoms with van der Waals surface area (Å²) in [5.74, 6) is -0.179. The van der Waals surface area contributed by atoms with E-state index in [1.54, 1.807) is 42.5 Å². The van der Waals surface area contributed by atoms with Gasteiger partial charge >= 0.3 is 0 Å². The average Bonchev–Trinajstić information content (AvgIpc) is 2.89. The van der Waals surface area contributed by atoms with Crippen LogP contribution in [-0.4, -0.2) is 29.6 Å². The van der Waals surface area contributed by atoms with Gasteiger partial charge in [0.25, 0.3) is 5.91 Å². The van der Waals surface area contributed by atoms with Gasteiger partial charge in [-0.2, -0.15) is 5.10 Å². The van der Waals surface area contributed by atoms with E-state index in [1.165, 1.54) is 19.3 Å². The first kappa shape index (κ1) is 28.1. The first-order valence-corrected chi connectivity index (χ1v) is 12.4. The fraction of sp³-hybridized carbons (Fsp3) is 0.219. The minimum atomic E-state index is -0.370. The Labute approximate surface area is 224 Å². The molecule has 6 heteroatoms. The maximum Gasteiger partial charge on any atom is 0.271 e. The predicted octanol–water partition coefficient (Wildman–Crippen LogP) is 6.48. The number of amides is 1. The SMILES string of the molecule is COc1cc(/C=C/C(CC(=O)/C=C/c2cccc(C)c2)=N\NC(=O)c2ccc(C(C)(C)C)cc2)ccc1O. The van der Waals surface area contributed by atoms with E-state index in [9.17, 15) is 14.7 Å². The molecule has 38 heavy (non-hydrogen) atoms. The molecule has 3 aromatic rings. The number of aromatic hydroxyl groups is 1. The molecule has 3 aromatic carbocycles. The molecule has 0 aromatic heterocycles. The number of phenols is 1. The highest BCUT2D eigenvalue weighted by atomic mass is 16.5. The van der Waals surface area contributed by atoms with Crippen molar-refractivity contribution in [2.75, 3.05) is 7.11 Å². The number of aryl methyl sites for hydroxylation is 1. The zero-order valence-electron chi connectivity index (χ0n) is 22.5. The van der Waals surface area contributed by atoms with Crippen LogP contribution in [-0.2, 0) is 10.2 Å². The lowest BCUT2D eigenvalue weighted by Crippen LogP contribution is -2.20. The Morgan fingerprint density at radius 3 is 2.29 bits per heavy atom. The fourth-order valence-electron chi connectivity index (χ4n) is 3.64. The van der Waals surface area contributed by atoms with Crippen LogP contribution in [0.5, 0.6) is 11.5 Å². The highest BCUT2D eigenvalue weighted by Gasteiger charge is 2.14. The molecule has 0 fully saturated rings. The van der Waals surface area contributed by atoms with Crippen molar-refractivity contribution in [2.24, 2.45) is 5.10 Å². The molecule has 0 aliphatic heterocycles. The lowest BCUT2D eigenvalue weighted by atomic mass is 9.87. The first-order chi connectivity index (χ1) is 18.0. The molecule has 3 rings (SSSR count). The molecule has 1 amide bonds. The Morgan fingerprint density at radius 1 is 0.947 bits per heavy atom. The number of methoxy groups -OCH3 is 1. The van der Waals surface area contributed by atoms with Crippen molar-refractivity contribution in [3.8, 4) is 11.5 Å². The van der Waals surface area contributed by atoms with E-state index < -0.39 is 0 Å². The molecule has 0 saturated carbocycles. The smallest absolute Gasteiger partial charge is 0.271 e. The standard InChI is InChI=1S/C32H34N2O4/c1-22-7-6-8-23(19-22)10-17-28(35)21-27(16-9-24-11-18-29(36)30(20-24)38-5)33-34-31(37)25-12-14-26(15-13-25)32(2,3)4/h6-20,36H,21H2,1-5H3,(H,34,37)/b16-9+,17-10+,33-27+. The van der Waals surface area contributed by atoms with Crippen LogP contribution in [0, 0.1) is 6.92 Å². The van der Waals surface area contributed by atoms with E-state index >= 15 is 0 Å². The van der Waals surface area contributed by atoms with Crippen molar-refractivity contribution < 1.29 is 19.4 Å². The van der Waals surface area contributed by atoms with Crippen LogP contribution in [0.25, 0.3) is 12.2 Å². The van der Waals surface area contributed by atoms with E-state index in [4.69, 9.17) is 4.74 Å².